The summed E-state index contributed by atoms with van der Waals surface area (Å²) < 4.78 is 6.00. The molecule has 0 atom stereocenters. The Morgan fingerprint density at radius 2 is 1.86 bits per heavy atom. The molecule has 1 aliphatic carbocycles. The summed E-state index contributed by atoms with van der Waals surface area (Å²) >= 11 is 1.86. The molecule has 0 saturated heterocycles. The maximum absolute atomic E-state index is 6.00. The van der Waals surface area contributed by atoms with Crippen LogP contribution in [0.5, 0.6) is 0 Å². The fraction of sp³-hybridized carbons (Fsp3) is 0.824. The van der Waals surface area contributed by atoms with Crippen molar-refractivity contribution in [3.63, 3.8) is 0 Å². The molecule has 1 saturated carbocycles. The quantitative estimate of drug-likeness (QED) is 0.852. The lowest BCUT2D eigenvalue weighted by Gasteiger charge is -2.41. The van der Waals surface area contributed by atoms with E-state index in [9.17, 15) is 0 Å². The minimum absolute atomic E-state index is 0.144. The molecule has 0 bridgehead atoms. The molecule has 21 heavy (non-hydrogen) atoms. The Morgan fingerprint density at radius 3 is 2.38 bits per heavy atom. The van der Waals surface area contributed by atoms with Crippen LogP contribution < -0.4 is 5.32 Å². The summed E-state index contributed by atoms with van der Waals surface area (Å²) in [5, 5.41) is 4.63. The first-order valence-corrected chi connectivity index (χ1v) is 9.03. The maximum Gasteiger partial charge on any atom is 0.125 e. The number of nitrogens with zero attached hydrogens (tertiary/aromatic N) is 1. The molecule has 0 unspecified atom stereocenters. The molecule has 0 aromatic carbocycles. The van der Waals surface area contributed by atoms with Crippen molar-refractivity contribution in [3.8, 4) is 0 Å². The van der Waals surface area contributed by atoms with Gasteiger partial charge in [0.25, 0.3) is 0 Å². The van der Waals surface area contributed by atoms with Crippen molar-refractivity contribution < 1.29 is 4.74 Å². The highest BCUT2D eigenvalue weighted by atomic mass is 32.1. The van der Waals surface area contributed by atoms with E-state index in [-0.39, 0.29) is 5.60 Å². The number of methoxy groups -OCH3 is 1. The summed E-state index contributed by atoms with van der Waals surface area (Å²) in [6.07, 6.45) is 5.61. The monoisotopic (exact) mass is 310 g/mol. The molecule has 1 heterocycles. The van der Waals surface area contributed by atoms with Gasteiger partial charge in [0.1, 0.15) is 10.6 Å². The van der Waals surface area contributed by atoms with Crippen LogP contribution in [-0.2, 0) is 23.3 Å². The number of rotatable bonds is 6. The zero-order chi connectivity index (χ0) is 15.5. The second kappa shape index (κ2) is 6.76. The van der Waals surface area contributed by atoms with Crippen LogP contribution in [0.1, 0.15) is 69.0 Å². The van der Waals surface area contributed by atoms with Crippen LogP contribution in [-0.4, -0.2) is 18.6 Å². The van der Waals surface area contributed by atoms with E-state index in [0.29, 0.717) is 5.41 Å². The van der Waals surface area contributed by atoms with Crippen molar-refractivity contribution >= 4 is 11.3 Å². The van der Waals surface area contributed by atoms with E-state index in [2.05, 4.69) is 33.0 Å². The summed E-state index contributed by atoms with van der Waals surface area (Å²) in [4.78, 5) is 6.33. The zero-order valence-electron chi connectivity index (χ0n) is 14.2. The average molecular weight is 311 g/mol. The van der Waals surface area contributed by atoms with Gasteiger partial charge in [-0.15, -0.1) is 11.3 Å². The van der Waals surface area contributed by atoms with Crippen LogP contribution in [0.4, 0.5) is 0 Å². The third kappa shape index (κ3) is 3.66. The van der Waals surface area contributed by atoms with E-state index in [4.69, 9.17) is 9.72 Å². The minimum Gasteiger partial charge on any atom is -0.371 e. The van der Waals surface area contributed by atoms with Gasteiger partial charge in [0, 0.05) is 18.5 Å². The van der Waals surface area contributed by atoms with Crippen molar-refractivity contribution in [2.24, 2.45) is 5.41 Å². The number of thiazole rings is 1. The van der Waals surface area contributed by atoms with E-state index < -0.39 is 0 Å². The van der Waals surface area contributed by atoms with Crippen molar-refractivity contribution in [2.45, 2.75) is 71.9 Å². The molecule has 1 N–H and O–H groups in total. The van der Waals surface area contributed by atoms with Gasteiger partial charge >= 0.3 is 0 Å². The van der Waals surface area contributed by atoms with Gasteiger partial charge in [-0.2, -0.15) is 0 Å². The van der Waals surface area contributed by atoms with E-state index >= 15 is 0 Å². The summed E-state index contributed by atoms with van der Waals surface area (Å²) in [6, 6.07) is 0. The molecule has 0 aliphatic heterocycles. The number of hydrogen-bond acceptors (Lipinski definition) is 4. The van der Waals surface area contributed by atoms with Gasteiger partial charge in [-0.05, 0) is 44.1 Å². The Balaban J connectivity index is 2.24. The second-order valence-corrected chi connectivity index (χ2v) is 7.97. The molecule has 3 nitrogen and oxygen atoms in total. The number of aryl methyl sites for hydroxylation is 1. The number of hydrogen-bond donors (Lipinski definition) is 1. The first-order chi connectivity index (χ1) is 9.96. The fourth-order valence-electron chi connectivity index (χ4n) is 3.07. The van der Waals surface area contributed by atoms with Crippen LogP contribution >= 0.6 is 11.3 Å². The highest BCUT2D eigenvalue weighted by molar-refractivity contribution is 7.11. The summed E-state index contributed by atoms with van der Waals surface area (Å²) in [5.74, 6) is 0. The van der Waals surface area contributed by atoms with Crippen LogP contribution in [0.25, 0.3) is 0 Å². The summed E-state index contributed by atoms with van der Waals surface area (Å²) in [6.45, 7) is 11.0. The van der Waals surface area contributed by atoms with E-state index in [1.165, 1.54) is 28.4 Å². The normalized spacial score (nSPS) is 20.6. The molecule has 120 valence electrons. The molecule has 1 aromatic rings. The highest BCUT2D eigenvalue weighted by Gasteiger charge is 2.42. The topological polar surface area (TPSA) is 34.1 Å². The first kappa shape index (κ1) is 16.9. The van der Waals surface area contributed by atoms with E-state index in [1.54, 1.807) is 0 Å². The molecule has 0 radical (unpaired) electrons. The fourth-order valence-corrected chi connectivity index (χ4v) is 4.41. The van der Waals surface area contributed by atoms with Crippen LogP contribution in [0, 0.1) is 5.41 Å². The highest BCUT2D eigenvalue weighted by Crippen LogP contribution is 2.48. The molecule has 1 fully saturated rings. The van der Waals surface area contributed by atoms with Crippen LogP contribution in [0.2, 0.25) is 0 Å². The lowest BCUT2D eigenvalue weighted by Crippen LogP contribution is -2.36. The summed E-state index contributed by atoms with van der Waals surface area (Å²) in [5.41, 5.74) is 1.55. The van der Waals surface area contributed by atoms with Crippen molar-refractivity contribution in [1.29, 1.82) is 0 Å². The van der Waals surface area contributed by atoms with Crippen LogP contribution in [0.3, 0.4) is 0 Å². The Kier molecular flexibility index (Phi) is 5.44. The second-order valence-electron chi connectivity index (χ2n) is 6.89. The molecule has 1 aromatic heterocycles. The Bertz CT molecular complexity index is 457. The maximum atomic E-state index is 6.00. The van der Waals surface area contributed by atoms with Gasteiger partial charge in [-0.25, -0.2) is 4.98 Å². The molecule has 1 aliphatic rings. The van der Waals surface area contributed by atoms with Crippen molar-refractivity contribution in [2.75, 3.05) is 13.7 Å². The largest absolute Gasteiger partial charge is 0.371 e. The van der Waals surface area contributed by atoms with Gasteiger partial charge in [0.15, 0.2) is 0 Å². The van der Waals surface area contributed by atoms with Gasteiger partial charge in [-0.1, -0.05) is 27.7 Å². The smallest absolute Gasteiger partial charge is 0.125 e. The number of nitrogens with one attached hydrogen (secondary N) is 1. The zero-order valence-corrected chi connectivity index (χ0v) is 15.0. The van der Waals surface area contributed by atoms with Gasteiger partial charge in [0.05, 0.1) is 5.69 Å². The Hall–Kier alpha value is -0.450. The van der Waals surface area contributed by atoms with Crippen molar-refractivity contribution in [3.05, 3.63) is 15.6 Å². The van der Waals surface area contributed by atoms with Crippen LogP contribution in [0.15, 0.2) is 0 Å². The molecule has 2 rings (SSSR count). The molecule has 0 spiro atoms. The molecule has 0 amide bonds. The Labute approximate surface area is 133 Å². The minimum atomic E-state index is -0.144. The summed E-state index contributed by atoms with van der Waals surface area (Å²) in [7, 11) is 1.86. The predicted octanol–water partition coefficient (Wildman–Crippen LogP) is 4.26. The number of ether oxygens (including phenoxy) is 1. The third-order valence-electron chi connectivity index (χ3n) is 4.84. The van der Waals surface area contributed by atoms with E-state index in [1.807, 2.05) is 18.4 Å². The molecule has 4 heteroatoms. The van der Waals surface area contributed by atoms with Gasteiger partial charge in [0.2, 0.25) is 0 Å². The average Bonchev–Trinajstić information content (AvgIpc) is 2.89. The number of aromatic nitrogens is 1. The Morgan fingerprint density at radius 1 is 1.19 bits per heavy atom. The SMILES string of the molecule is CCNCc1sc(C2(OC)CCC(C)(C)CC2)nc1CC. The third-order valence-corrected chi connectivity index (χ3v) is 6.12. The molecular formula is C17H30N2OS. The van der Waals surface area contributed by atoms with Gasteiger partial charge < -0.3 is 10.1 Å². The predicted molar refractivity (Wildman–Crippen MR) is 89.8 cm³/mol. The standard InChI is InChI=1S/C17H30N2OS/c1-6-13-14(12-18-7-2)21-15(19-13)17(20-5)10-8-16(3,4)9-11-17/h18H,6-12H2,1-5H3. The van der Waals surface area contributed by atoms with E-state index in [0.717, 1.165) is 32.4 Å². The first-order valence-electron chi connectivity index (χ1n) is 8.21. The van der Waals surface area contributed by atoms with Gasteiger partial charge in [-0.3, -0.25) is 0 Å². The van der Waals surface area contributed by atoms with Crippen molar-refractivity contribution in [1.82, 2.24) is 10.3 Å². The lowest BCUT2D eigenvalue weighted by molar-refractivity contribution is -0.0668. The lowest BCUT2D eigenvalue weighted by atomic mass is 9.71. The molecular weight excluding hydrogens is 280 g/mol.